The van der Waals surface area contributed by atoms with Crippen LogP contribution in [0.5, 0.6) is 11.5 Å². The molecular weight excluding hydrogens is 380 g/mol. The number of fused-ring (bicyclic) bond motifs is 1. The Morgan fingerprint density at radius 2 is 1.89 bits per heavy atom. The number of hydrogen-bond acceptors (Lipinski definition) is 3. The zero-order valence-corrected chi connectivity index (χ0v) is 14.9. The average molecular weight is 398 g/mol. The summed E-state index contributed by atoms with van der Waals surface area (Å²) in [5.74, 6) is -0.979. The summed E-state index contributed by atoms with van der Waals surface area (Å²) >= 11 is 0. The second-order valence-corrected chi connectivity index (χ2v) is 6.12. The van der Waals surface area contributed by atoms with Crippen LogP contribution in [0.2, 0.25) is 0 Å². The van der Waals surface area contributed by atoms with Gasteiger partial charge < -0.3 is 18.9 Å². The van der Waals surface area contributed by atoms with Gasteiger partial charge in [-0.05, 0) is 37.3 Å². The van der Waals surface area contributed by atoms with E-state index in [1.54, 1.807) is 4.90 Å². The highest BCUT2D eigenvalue weighted by Crippen LogP contribution is 2.29. The second-order valence-electron chi connectivity index (χ2n) is 6.12. The molecule has 1 amide bonds. The maximum atomic E-state index is 12.6. The van der Waals surface area contributed by atoms with Crippen LogP contribution in [0.3, 0.4) is 0 Å². The van der Waals surface area contributed by atoms with Crippen LogP contribution in [-0.4, -0.2) is 35.1 Å². The molecule has 1 aromatic carbocycles. The van der Waals surface area contributed by atoms with Gasteiger partial charge in [-0.1, -0.05) is 0 Å². The van der Waals surface area contributed by atoms with Crippen LogP contribution in [0.4, 0.5) is 17.6 Å². The third-order valence-electron chi connectivity index (χ3n) is 4.46. The molecule has 0 spiro atoms. The Morgan fingerprint density at radius 3 is 2.61 bits per heavy atom. The molecule has 1 aromatic heterocycles. The normalized spacial score (nSPS) is 16.7. The summed E-state index contributed by atoms with van der Waals surface area (Å²) < 4.78 is 60.5. The molecule has 9 heteroatoms. The number of carbonyl (C=O) groups excluding carboxylic acids is 1. The number of alkyl halides is 4. The number of amides is 1. The molecule has 1 aliphatic rings. The third-order valence-corrected chi connectivity index (χ3v) is 4.46. The Kier molecular flexibility index (Phi) is 5.91. The third kappa shape index (κ3) is 4.47. The Balaban J connectivity index is 1.78. The van der Waals surface area contributed by atoms with Crippen molar-refractivity contribution in [2.75, 3.05) is 6.54 Å². The molecule has 5 nitrogen and oxygen atoms in total. The highest BCUT2D eigenvalue weighted by atomic mass is 19.3. The molecule has 3 rings (SSSR count). The maximum absolute atomic E-state index is 12.6. The monoisotopic (exact) mass is 398 g/mol. The minimum Gasteiger partial charge on any atom is -0.435 e. The van der Waals surface area contributed by atoms with Crippen LogP contribution >= 0.6 is 0 Å². The van der Waals surface area contributed by atoms with Gasteiger partial charge in [-0.2, -0.15) is 17.6 Å². The van der Waals surface area contributed by atoms with Gasteiger partial charge in [0.25, 0.3) is 0 Å². The zero-order chi connectivity index (χ0) is 20.3. The smallest absolute Gasteiger partial charge is 0.387 e. The molecule has 0 bridgehead atoms. The molecule has 1 atom stereocenters. The van der Waals surface area contributed by atoms with E-state index in [9.17, 15) is 22.4 Å². The quantitative estimate of drug-likeness (QED) is 0.538. The fourth-order valence-electron chi connectivity index (χ4n) is 3.16. The number of ether oxygens (including phenoxy) is 2. The Bertz CT molecular complexity index is 867. The van der Waals surface area contributed by atoms with Gasteiger partial charge in [0, 0.05) is 42.7 Å². The summed E-state index contributed by atoms with van der Waals surface area (Å²) in [5.41, 5.74) is 1.14. The predicted octanol–water partition coefficient (Wildman–Crippen LogP) is 4.31. The van der Waals surface area contributed by atoms with Crippen LogP contribution < -0.4 is 9.47 Å². The molecule has 0 N–H and O–H groups in total. The molecule has 0 aliphatic carbocycles. The summed E-state index contributed by atoms with van der Waals surface area (Å²) in [7, 11) is 0. The Morgan fingerprint density at radius 1 is 1.14 bits per heavy atom. The topological polar surface area (TPSA) is 43.7 Å². The number of carbonyl (C=O) groups is 1. The molecule has 1 aliphatic heterocycles. The van der Waals surface area contributed by atoms with E-state index in [0.717, 1.165) is 11.8 Å². The number of aromatic nitrogens is 1. The van der Waals surface area contributed by atoms with Crippen LogP contribution in [0.1, 0.15) is 24.2 Å². The van der Waals surface area contributed by atoms with Crippen molar-refractivity contribution in [1.82, 2.24) is 9.47 Å². The molecule has 0 saturated heterocycles. The minimum absolute atomic E-state index is 0.139. The van der Waals surface area contributed by atoms with Crippen molar-refractivity contribution in [2.24, 2.45) is 0 Å². The van der Waals surface area contributed by atoms with Crippen molar-refractivity contribution in [3.05, 3.63) is 53.9 Å². The fourth-order valence-corrected chi connectivity index (χ4v) is 3.16. The van der Waals surface area contributed by atoms with Crippen molar-refractivity contribution < 1.29 is 31.8 Å². The van der Waals surface area contributed by atoms with Crippen molar-refractivity contribution in [2.45, 2.75) is 32.7 Å². The average Bonchev–Trinajstić information content (AvgIpc) is 3.10. The number of benzene rings is 1. The summed E-state index contributed by atoms with van der Waals surface area (Å²) in [6, 6.07) is 7.09. The van der Waals surface area contributed by atoms with E-state index in [0.29, 0.717) is 13.1 Å². The molecule has 0 saturated carbocycles. The van der Waals surface area contributed by atoms with E-state index < -0.39 is 13.2 Å². The van der Waals surface area contributed by atoms with Crippen LogP contribution in [0, 0.1) is 0 Å². The SMILES string of the molecule is CC1c2cccn2CCN1C(=O)/C=C/c1ccc(OC(F)F)cc1OC(F)F. The van der Waals surface area contributed by atoms with Gasteiger partial charge in [0.05, 0.1) is 6.04 Å². The highest BCUT2D eigenvalue weighted by Gasteiger charge is 2.26. The summed E-state index contributed by atoms with van der Waals surface area (Å²) in [6.07, 6.45) is 4.50. The number of nitrogens with zero attached hydrogens (tertiary/aromatic N) is 2. The minimum atomic E-state index is -3.15. The first-order valence-corrected chi connectivity index (χ1v) is 8.52. The molecule has 2 heterocycles. The first-order chi connectivity index (χ1) is 13.3. The van der Waals surface area contributed by atoms with E-state index in [1.165, 1.54) is 24.3 Å². The first kappa shape index (κ1) is 19.8. The molecule has 1 unspecified atom stereocenters. The van der Waals surface area contributed by atoms with Crippen molar-refractivity contribution in [3.8, 4) is 11.5 Å². The van der Waals surface area contributed by atoms with Gasteiger partial charge in [-0.25, -0.2) is 0 Å². The summed E-state index contributed by atoms with van der Waals surface area (Å²) in [5, 5.41) is 0. The zero-order valence-electron chi connectivity index (χ0n) is 14.9. The number of hydrogen-bond donors (Lipinski definition) is 0. The van der Waals surface area contributed by atoms with Gasteiger partial charge >= 0.3 is 13.2 Å². The Hall–Kier alpha value is -2.97. The molecule has 150 valence electrons. The fraction of sp³-hybridized carbons (Fsp3) is 0.316. The summed E-state index contributed by atoms with van der Waals surface area (Å²) in [4.78, 5) is 14.2. The van der Waals surface area contributed by atoms with E-state index in [2.05, 4.69) is 14.0 Å². The predicted molar refractivity (Wildman–Crippen MR) is 93.3 cm³/mol. The van der Waals surface area contributed by atoms with Gasteiger partial charge in [0.15, 0.2) is 0 Å². The first-order valence-electron chi connectivity index (χ1n) is 8.52. The molecule has 2 aromatic rings. The van der Waals surface area contributed by atoms with Gasteiger partial charge in [0.1, 0.15) is 11.5 Å². The molecule has 0 radical (unpaired) electrons. The maximum Gasteiger partial charge on any atom is 0.387 e. The standard InChI is InChI=1S/C19H18F4N2O3/c1-12-15-3-2-8-24(15)9-10-25(12)17(26)7-5-13-4-6-14(27-18(20)21)11-16(13)28-19(22)23/h2-8,11-12,18-19H,9-10H2,1H3/b7-5+. The van der Waals surface area contributed by atoms with E-state index in [4.69, 9.17) is 0 Å². The molecule has 28 heavy (non-hydrogen) atoms. The van der Waals surface area contributed by atoms with E-state index >= 15 is 0 Å². The van der Waals surface area contributed by atoms with Crippen LogP contribution in [0.25, 0.3) is 6.08 Å². The van der Waals surface area contributed by atoms with E-state index in [1.807, 2.05) is 25.3 Å². The second kappa shape index (κ2) is 8.37. The van der Waals surface area contributed by atoms with Crippen molar-refractivity contribution in [1.29, 1.82) is 0 Å². The van der Waals surface area contributed by atoms with Crippen molar-refractivity contribution >= 4 is 12.0 Å². The van der Waals surface area contributed by atoms with Crippen LogP contribution in [0.15, 0.2) is 42.6 Å². The van der Waals surface area contributed by atoms with Gasteiger partial charge in [-0.15, -0.1) is 0 Å². The van der Waals surface area contributed by atoms with E-state index in [-0.39, 0.29) is 29.0 Å². The summed E-state index contributed by atoms with van der Waals surface area (Å²) in [6.45, 7) is -3.18. The lowest BCUT2D eigenvalue weighted by Gasteiger charge is -2.34. The van der Waals surface area contributed by atoms with Gasteiger partial charge in [-0.3, -0.25) is 4.79 Å². The van der Waals surface area contributed by atoms with Crippen LogP contribution in [-0.2, 0) is 11.3 Å². The number of rotatable bonds is 6. The van der Waals surface area contributed by atoms with Crippen molar-refractivity contribution in [3.63, 3.8) is 0 Å². The van der Waals surface area contributed by atoms with Gasteiger partial charge in [0.2, 0.25) is 5.91 Å². The molecule has 0 fully saturated rings. The lowest BCUT2D eigenvalue weighted by molar-refractivity contribution is -0.129. The highest BCUT2D eigenvalue weighted by molar-refractivity contribution is 5.92. The lowest BCUT2D eigenvalue weighted by Crippen LogP contribution is -2.39. The lowest BCUT2D eigenvalue weighted by atomic mass is 10.1. The Labute approximate surface area is 158 Å². The molecular formula is C19H18F4N2O3. The largest absolute Gasteiger partial charge is 0.435 e. The number of halogens is 4.